The lowest BCUT2D eigenvalue weighted by atomic mass is 10.1. The van der Waals surface area contributed by atoms with Crippen molar-refractivity contribution in [2.24, 2.45) is 5.10 Å². The number of halogens is 2. The number of ether oxygens (including phenoxy) is 1. The largest absolute Gasteiger partial charge is 0.484 e. The molecule has 2 aromatic carbocycles. The lowest BCUT2D eigenvalue weighted by molar-refractivity contribution is -0.123. The van der Waals surface area contributed by atoms with Gasteiger partial charge in [-0.05, 0) is 55.3 Å². The lowest BCUT2D eigenvalue weighted by Gasteiger charge is -2.07. The molecule has 2 rings (SSSR count). The van der Waals surface area contributed by atoms with Crippen molar-refractivity contribution in [3.05, 3.63) is 63.4 Å². The predicted molar refractivity (Wildman–Crippen MR) is 91.2 cm³/mol. The van der Waals surface area contributed by atoms with Gasteiger partial charge in [-0.2, -0.15) is 5.10 Å². The van der Waals surface area contributed by atoms with E-state index in [1.165, 1.54) is 12.3 Å². The van der Waals surface area contributed by atoms with Gasteiger partial charge in [0.15, 0.2) is 6.61 Å². The Labute approximate surface area is 142 Å². The van der Waals surface area contributed by atoms with Crippen LogP contribution >= 0.6 is 15.9 Å². The van der Waals surface area contributed by atoms with E-state index >= 15 is 0 Å². The van der Waals surface area contributed by atoms with Crippen LogP contribution in [-0.2, 0) is 4.79 Å². The molecule has 120 valence electrons. The molecular formula is C17H16BrFN2O2. The third kappa shape index (κ3) is 5.17. The van der Waals surface area contributed by atoms with E-state index in [9.17, 15) is 9.18 Å². The van der Waals surface area contributed by atoms with Crippen LogP contribution in [0.4, 0.5) is 4.39 Å². The fraction of sp³-hybridized carbons (Fsp3) is 0.176. The summed E-state index contributed by atoms with van der Waals surface area (Å²) >= 11 is 3.17. The molecule has 0 saturated carbocycles. The second-order valence-electron chi connectivity index (χ2n) is 4.99. The second-order valence-corrected chi connectivity index (χ2v) is 5.91. The fourth-order valence-corrected chi connectivity index (χ4v) is 2.10. The Balaban J connectivity index is 1.85. The standard InChI is InChI=1S/C17H16BrFN2O2/c1-11-3-6-15(7-12(11)2)23-10-17(22)21-20-9-13-4-5-14(18)8-16(13)19/h3-9H,10H2,1-2H3,(H,21,22)/b20-9-. The van der Waals surface area contributed by atoms with E-state index in [1.54, 1.807) is 18.2 Å². The second kappa shape index (κ2) is 7.87. The first-order valence-electron chi connectivity index (χ1n) is 6.92. The number of hydrazone groups is 1. The minimum atomic E-state index is -0.427. The quantitative estimate of drug-likeness (QED) is 0.636. The van der Waals surface area contributed by atoms with E-state index in [4.69, 9.17) is 4.74 Å². The van der Waals surface area contributed by atoms with Gasteiger partial charge < -0.3 is 4.74 Å². The summed E-state index contributed by atoms with van der Waals surface area (Å²) in [5.74, 6) is -0.230. The van der Waals surface area contributed by atoms with Crippen molar-refractivity contribution >= 4 is 28.1 Å². The summed E-state index contributed by atoms with van der Waals surface area (Å²) in [6.07, 6.45) is 1.25. The van der Waals surface area contributed by atoms with Gasteiger partial charge in [0.2, 0.25) is 0 Å². The van der Waals surface area contributed by atoms with Crippen molar-refractivity contribution in [1.29, 1.82) is 0 Å². The van der Waals surface area contributed by atoms with Crippen LogP contribution in [0.3, 0.4) is 0 Å². The Morgan fingerprint density at radius 3 is 2.74 bits per heavy atom. The molecule has 2 aromatic rings. The molecule has 6 heteroatoms. The molecule has 0 bridgehead atoms. The lowest BCUT2D eigenvalue weighted by Crippen LogP contribution is -2.24. The molecule has 23 heavy (non-hydrogen) atoms. The molecule has 0 spiro atoms. The molecular weight excluding hydrogens is 363 g/mol. The number of hydrogen-bond donors (Lipinski definition) is 1. The maximum absolute atomic E-state index is 13.6. The number of rotatable bonds is 5. The molecule has 0 aliphatic rings. The van der Waals surface area contributed by atoms with Gasteiger partial charge >= 0.3 is 0 Å². The Hall–Kier alpha value is -2.21. The van der Waals surface area contributed by atoms with Gasteiger partial charge in [0.05, 0.1) is 6.21 Å². The van der Waals surface area contributed by atoms with Gasteiger partial charge in [-0.3, -0.25) is 4.79 Å². The van der Waals surface area contributed by atoms with Crippen LogP contribution in [0.2, 0.25) is 0 Å². The van der Waals surface area contributed by atoms with Crippen molar-refractivity contribution in [3.8, 4) is 5.75 Å². The van der Waals surface area contributed by atoms with E-state index in [0.29, 0.717) is 10.2 Å². The molecule has 1 amide bonds. The Morgan fingerprint density at radius 1 is 1.26 bits per heavy atom. The minimum absolute atomic E-state index is 0.164. The molecule has 0 saturated heterocycles. The first kappa shape index (κ1) is 17.1. The number of amides is 1. The summed E-state index contributed by atoms with van der Waals surface area (Å²) in [7, 11) is 0. The van der Waals surface area contributed by atoms with E-state index in [0.717, 1.165) is 11.1 Å². The highest BCUT2D eigenvalue weighted by Gasteiger charge is 2.03. The molecule has 0 fully saturated rings. The third-order valence-electron chi connectivity index (χ3n) is 3.20. The number of benzene rings is 2. The fourth-order valence-electron chi connectivity index (χ4n) is 1.76. The van der Waals surface area contributed by atoms with Gasteiger partial charge in [0.1, 0.15) is 11.6 Å². The van der Waals surface area contributed by atoms with Gasteiger partial charge in [-0.15, -0.1) is 0 Å². The third-order valence-corrected chi connectivity index (χ3v) is 3.70. The summed E-state index contributed by atoms with van der Waals surface area (Å²) in [6.45, 7) is 3.81. The molecule has 1 N–H and O–H groups in total. The van der Waals surface area contributed by atoms with Gasteiger partial charge in [-0.1, -0.05) is 22.0 Å². The van der Waals surface area contributed by atoms with E-state index in [2.05, 4.69) is 26.5 Å². The average Bonchev–Trinajstić information content (AvgIpc) is 2.50. The van der Waals surface area contributed by atoms with Crippen LogP contribution in [-0.4, -0.2) is 18.7 Å². The van der Waals surface area contributed by atoms with Crippen molar-refractivity contribution in [3.63, 3.8) is 0 Å². The van der Waals surface area contributed by atoms with E-state index in [-0.39, 0.29) is 12.2 Å². The van der Waals surface area contributed by atoms with Crippen molar-refractivity contribution in [2.45, 2.75) is 13.8 Å². The zero-order chi connectivity index (χ0) is 16.8. The molecule has 0 heterocycles. The minimum Gasteiger partial charge on any atom is -0.484 e. The van der Waals surface area contributed by atoms with Crippen LogP contribution in [0, 0.1) is 19.7 Å². The Morgan fingerprint density at radius 2 is 2.04 bits per heavy atom. The van der Waals surface area contributed by atoms with Gasteiger partial charge in [0.25, 0.3) is 5.91 Å². The van der Waals surface area contributed by atoms with E-state index in [1.807, 2.05) is 26.0 Å². The van der Waals surface area contributed by atoms with Crippen LogP contribution in [0.1, 0.15) is 16.7 Å². The first-order chi connectivity index (χ1) is 11.0. The average molecular weight is 379 g/mol. The maximum Gasteiger partial charge on any atom is 0.277 e. The zero-order valence-corrected chi connectivity index (χ0v) is 14.4. The van der Waals surface area contributed by atoms with Crippen molar-refractivity contribution in [1.82, 2.24) is 5.43 Å². The summed E-state index contributed by atoms with van der Waals surface area (Å²) in [5.41, 5.74) is 4.82. The first-order valence-corrected chi connectivity index (χ1v) is 7.72. The topological polar surface area (TPSA) is 50.7 Å². The van der Waals surface area contributed by atoms with Crippen LogP contribution in [0.15, 0.2) is 46.0 Å². The number of nitrogens with zero attached hydrogens (tertiary/aromatic N) is 1. The number of carbonyl (C=O) groups is 1. The molecule has 0 unspecified atom stereocenters. The highest BCUT2D eigenvalue weighted by molar-refractivity contribution is 9.10. The summed E-state index contributed by atoms with van der Waals surface area (Å²) in [5, 5.41) is 3.72. The van der Waals surface area contributed by atoms with Crippen LogP contribution in [0.5, 0.6) is 5.75 Å². The Bertz CT molecular complexity index is 747. The smallest absolute Gasteiger partial charge is 0.277 e. The van der Waals surface area contributed by atoms with E-state index < -0.39 is 11.7 Å². The highest BCUT2D eigenvalue weighted by Crippen LogP contribution is 2.16. The van der Waals surface area contributed by atoms with Gasteiger partial charge in [0, 0.05) is 10.0 Å². The zero-order valence-electron chi connectivity index (χ0n) is 12.8. The number of aryl methyl sites for hydroxylation is 2. The molecule has 0 aliphatic carbocycles. The summed E-state index contributed by atoms with van der Waals surface area (Å²) in [6, 6.07) is 10.2. The SMILES string of the molecule is Cc1ccc(OCC(=O)N/N=C\c2ccc(Br)cc2F)cc1C. The van der Waals surface area contributed by atoms with Gasteiger partial charge in [-0.25, -0.2) is 9.82 Å². The number of nitrogens with one attached hydrogen (secondary N) is 1. The predicted octanol–water partition coefficient (Wildman–Crippen LogP) is 3.73. The molecule has 4 nitrogen and oxygen atoms in total. The molecule has 0 atom stereocenters. The maximum atomic E-state index is 13.6. The van der Waals surface area contributed by atoms with Crippen LogP contribution < -0.4 is 10.2 Å². The Kier molecular flexibility index (Phi) is 5.87. The highest BCUT2D eigenvalue weighted by atomic mass is 79.9. The molecule has 0 radical (unpaired) electrons. The van der Waals surface area contributed by atoms with Crippen LogP contribution in [0.25, 0.3) is 0 Å². The monoisotopic (exact) mass is 378 g/mol. The summed E-state index contributed by atoms with van der Waals surface area (Å²) < 4.78 is 19.6. The van der Waals surface area contributed by atoms with Crippen molar-refractivity contribution in [2.75, 3.05) is 6.61 Å². The van der Waals surface area contributed by atoms with Crippen molar-refractivity contribution < 1.29 is 13.9 Å². The number of carbonyl (C=O) groups excluding carboxylic acids is 1. The normalized spacial score (nSPS) is 10.8. The number of hydrogen-bond acceptors (Lipinski definition) is 3. The summed E-state index contributed by atoms with van der Waals surface area (Å²) in [4.78, 5) is 11.6. The molecule has 0 aliphatic heterocycles. The molecule has 0 aromatic heterocycles.